The third-order valence-electron chi connectivity index (χ3n) is 2.54. The molecule has 3 nitrogen and oxygen atoms in total. The molecule has 0 bridgehead atoms. The van der Waals surface area contributed by atoms with E-state index < -0.39 is 0 Å². The maximum Gasteiger partial charge on any atom is 0.0933 e. The highest BCUT2D eigenvalue weighted by Crippen LogP contribution is 2.10. The summed E-state index contributed by atoms with van der Waals surface area (Å²) < 4.78 is 11.3. The molecule has 0 aromatic heterocycles. The maximum absolute atomic E-state index is 5.75. The normalized spacial score (nSPS) is 27.6. The van der Waals surface area contributed by atoms with Crippen LogP contribution in [0.5, 0.6) is 0 Å². The molecule has 0 spiro atoms. The first-order valence-corrected chi connectivity index (χ1v) is 6.04. The Hall–Kier alpha value is -0.120. The van der Waals surface area contributed by atoms with E-state index in [0.717, 1.165) is 19.1 Å². The van der Waals surface area contributed by atoms with Crippen LogP contribution in [0, 0.1) is 5.92 Å². The fourth-order valence-electron chi connectivity index (χ4n) is 1.80. The number of ether oxygens (including phenoxy) is 2. The van der Waals surface area contributed by atoms with Gasteiger partial charge in [0.25, 0.3) is 0 Å². The van der Waals surface area contributed by atoms with Gasteiger partial charge in [-0.3, -0.25) is 0 Å². The molecule has 0 radical (unpaired) electrons. The van der Waals surface area contributed by atoms with E-state index in [2.05, 4.69) is 33.0 Å². The minimum atomic E-state index is 0.232. The highest BCUT2D eigenvalue weighted by molar-refractivity contribution is 4.76. The SMILES string of the molecule is CC(C)CC1COC(COC(C)C)CN1. The number of hydrogen-bond donors (Lipinski definition) is 1. The lowest BCUT2D eigenvalue weighted by molar-refractivity contribution is -0.0615. The summed E-state index contributed by atoms with van der Waals surface area (Å²) in [5.41, 5.74) is 0. The molecule has 2 unspecified atom stereocenters. The molecule has 0 amide bonds. The number of rotatable bonds is 5. The summed E-state index contributed by atoms with van der Waals surface area (Å²) in [7, 11) is 0. The molecule has 1 rings (SSSR count). The van der Waals surface area contributed by atoms with E-state index in [1.807, 2.05) is 0 Å². The molecular formula is C12H25NO2. The van der Waals surface area contributed by atoms with Crippen LogP contribution < -0.4 is 5.32 Å². The van der Waals surface area contributed by atoms with Gasteiger partial charge in [-0.05, 0) is 26.2 Å². The highest BCUT2D eigenvalue weighted by Gasteiger charge is 2.21. The van der Waals surface area contributed by atoms with Crippen molar-refractivity contribution in [1.82, 2.24) is 5.32 Å². The fourth-order valence-corrected chi connectivity index (χ4v) is 1.80. The van der Waals surface area contributed by atoms with Crippen LogP contribution in [0.25, 0.3) is 0 Å². The molecule has 1 N–H and O–H groups in total. The smallest absolute Gasteiger partial charge is 0.0933 e. The Morgan fingerprint density at radius 1 is 1.33 bits per heavy atom. The highest BCUT2D eigenvalue weighted by atomic mass is 16.5. The molecule has 90 valence electrons. The third kappa shape index (κ3) is 5.50. The maximum atomic E-state index is 5.75. The zero-order valence-electron chi connectivity index (χ0n) is 10.5. The van der Waals surface area contributed by atoms with E-state index in [0.29, 0.717) is 18.8 Å². The third-order valence-corrected chi connectivity index (χ3v) is 2.54. The van der Waals surface area contributed by atoms with Crippen LogP contribution >= 0.6 is 0 Å². The summed E-state index contributed by atoms with van der Waals surface area (Å²) in [6, 6.07) is 0.528. The molecule has 1 saturated heterocycles. The second-order valence-electron chi connectivity index (χ2n) is 5.07. The van der Waals surface area contributed by atoms with Gasteiger partial charge in [-0.25, -0.2) is 0 Å². The predicted molar refractivity (Wildman–Crippen MR) is 62.1 cm³/mol. The lowest BCUT2D eigenvalue weighted by Crippen LogP contribution is -2.48. The largest absolute Gasteiger partial charge is 0.376 e. The second kappa shape index (κ2) is 6.46. The van der Waals surface area contributed by atoms with Gasteiger partial charge in [0.05, 0.1) is 25.4 Å². The van der Waals surface area contributed by atoms with Crippen LogP contribution in [0.2, 0.25) is 0 Å². The predicted octanol–water partition coefficient (Wildman–Crippen LogP) is 1.81. The molecule has 0 aliphatic carbocycles. The van der Waals surface area contributed by atoms with Crippen molar-refractivity contribution in [3.8, 4) is 0 Å². The Labute approximate surface area is 93.5 Å². The zero-order chi connectivity index (χ0) is 11.3. The zero-order valence-corrected chi connectivity index (χ0v) is 10.5. The van der Waals surface area contributed by atoms with Crippen molar-refractivity contribution in [2.75, 3.05) is 19.8 Å². The van der Waals surface area contributed by atoms with Gasteiger partial charge in [0.2, 0.25) is 0 Å². The molecule has 1 aliphatic heterocycles. The summed E-state index contributed by atoms with van der Waals surface area (Å²) in [5.74, 6) is 0.731. The topological polar surface area (TPSA) is 30.5 Å². The summed E-state index contributed by atoms with van der Waals surface area (Å²) in [6.45, 7) is 11.1. The van der Waals surface area contributed by atoms with Crippen molar-refractivity contribution in [2.24, 2.45) is 5.92 Å². The Kier molecular flexibility index (Phi) is 5.58. The Bertz CT molecular complexity index is 163. The van der Waals surface area contributed by atoms with Crippen molar-refractivity contribution in [1.29, 1.82) is 0 Å². The van der Waals surface area contributed by atoms with Crippen molar-refractivity contribution >= 4 is 0 Å². The quantitative estimate of drug-likeness (QED) is 0.759. The fraction of sp³-hybridized carbons (Fsp3) is 1.00. The molecule has 15 heavy (non-hydrogen) atoms. The number of hydrogen-bond acceptors (Lipinski definition) is 3. The van der Waals surface area contributed by atoms with Crippen molar-refractivity contribution in [2.45, 2.75) is 52.4 Å². The Morgan fingerprint density at radius 2 is 2.07 bits per heavy atom. The molecule has 0 saturated carbocycles. The average molecular weight is 215 g/mol. The Balaban J connectivity index is 2.12. The van der Waals surface area contributed by atoms with Gasteiger partial charge in [0.1, 0.15) is 0 Å². The first kappa shape index (κ1) is 12.9. The summed E-state index contributed by atoms with van der Waals surface area (Å²) in [6.07, 6.45) is 1.72. The Morgan fingerprint density at radius 3 is 2.53 bits per heavy atom. The molecule has 0 aromatic rings. The van der Waals surface area contributed by atoms with Gasteiger partial charge in [0.15, 0.2) is 0 Å². The molecule has 0 aromatic carbocycles. The minimum Gasteiger partial charge on any atom is -0.376 e. The first-order valence-electron chi connectivity index (χ1n) is 6.04. The molecule has 3 heteroatoms. The monoisotopic (exact) mass is 215 g/mol. The van der Waals surface area contributed by atoms with Crippen LogP contribution in [-0.2, 0) is 9.47 Å². The lowest BCUT2D eigenvalue weighted by atomic mass is 10.0. The molecule has 2 atom stereocenters. The molecule has 1 fully saturated rings. The van der Waals surface area contributed by atoms with Crippen LogP contribution in [-0.4, -0.2) is 38.0 Å². The molecule has 1 aliphatic rings. The van der Waals surface area contributed by atoms with Crippen molar-refractivity contribution in [3.05, 3.63) is 0 Å². The van der Waals surface area contributed by atoms with Gasteiger partial charge in [0, 0.05) is 12.6 Å². The van der Waals surface area contributed by atoms with Crippen LogP contribution in [0.1, 0.15) is 34.1 Å². The lowest BCUT2D eigenvalue weighted by Gasteiger charge is -2.31. The van der Waals surface area contributed by atoms with E-state index in [1.165, 1.54) is 6.42 Å². The average Bonchev–Trinajstić information content (AvgIpc) is 2.16. The van der Waals surface area contributed by atoms with Gasteiger partial charge >= 0.3 is 0 Å². The van der Waals surface area contributed by atoms with E-state index in [4.69, 9.17) is 9.47 Å². The van der Waals surface area contributed by atoms with Crippen LogP contribution in [0.3, 0.4) is 0 Å². The van der Waals surface area contributed by atoms with E-state index >= 15 is 0 Å². The van der Waals surface area contributed by atoms with Gasteiger partial charge in [-0.1, -0.05) is 13.8 Å². The summed E-state index contributed by atoms with van der Waals surface area (Å²) in [4.78, 5) is 0. The van der Waals surface area contributed by atoms with Gasteiger partial charge < -0.3 is 14.8 Å². The summed E-state index contributed by atoms with van der Waals surface area (Å²) >= 11 is 0. The number of nitrogens with one attached hydrogen (secondary N) is 1. The van der Waals surface area contributed by atoms with E-state index in [-0.39, 0.29) is 6.10 Å². The van der Waals surface area contributed by atoms with Crippen LogP contribution in [0.4, 0.5) is 0 Å². The molecule has 1 heterocycles. The molecular weight excluding hydrogens is 190 g/mol. The van der Waals surface area contributed by atoms with Crippen molar-refractivity contribution in [3.63, 3.8) is 0 Å². The standard InChI is InChI=1S/C12H25NO2/c1-9(2)5-11-7-15-12(6-13-11)8-14-10(3)4/h9-13H,5-8H2,1-4H3. The second-order valence-corrected chi connectivity index (χ2v) is 5.07. The van der Waals surface area contributed by atoms with Gasteiger partial charge in [-0.15, -0.1) is 0 Å². The van der Waals surface area contributed by atoms with Gasteiger partial charge in [-0.2, -0.15) is 0 Å². The first-order chi connectivity index (χ1) is 7.08. The number of morpholine rings is 1. The van der Waals surface area contributed by atoms with Crippen LogP contribution in [0.15, 0.2) is 0 Å². The van der Waals surface area contributed by atoms with E-state index in [9.17, 15) is 0 Å². The van der Waals surface area contributed by atoms with Crippen molar-refractivity contribution < 1.29 is 9.47 Å². The summed E-state index contributed by atoms with van der Waals surface area (Å²) in [5, 5.41) is 3.52. The van der Waals surface area contributed by atoms with E-state index in [1.54, 1.807) is 0 Å². The minimum absolute atomic E-state index is 0.232.